The minimum absolute atomic E-state index is 0.534. The average Bonchev–Trinajstić information content (AvgIpc) is 2.45. The Labute approximate surface area is 89.8 Å². The molecule has 0 aliphatic rings. The van der Waals surface area contributed by atoms with Gasteiger partial charge in [0.1, 0.15) is 5.65 Å². The number of aromatic nitrogens is 2. The molecule has 13 heavy (non-hydrogen) atoms. The second-order valence-electron chi connectivity index (χ2n) is 2.62. The zero-order chi connectivity index (χ0) is 9.47. The van der Waals surface area contributed by atoms with E-state index < -0.39 is 3.79 Å². The van der Waals surface area contributed by atoms with Crippen LogP contribution < -0.4 is 0 Å². The Morgan fingerprint density at radius 2 is 2.08 bits per heavy atom. The molecule has 0 saturated heterocycles. The molecule has 2 heterocycles. The van der Waals surface area contributed by atoms with Crippen LogP contribution in [0.15, 0.2) is 24.4 Å². The number of nitrogens with one attached hydrogen (secondary N) is 1. The lowest BCUT2D eigenvalue weighted by Gasteiger charge is -2.06. The van der Waals surface area contributed by atoms with Gasteiger partial charge in [0, 0.05) is 11.6 Å². The van der Waals surface area contributed by atoms with E-state index in [4.69, 9.17) is 34.8 Å². The predicted molar refractivity (Wildman–Crippen MR) is 55.3 cm³/mol. The van der Waals surface area contributed by atoms with Crippen molar-refractivity contribution in [1.29, 1.82) is 0 Å². The molecule has 1 N–H and O–H groups in total. The van der Waals surface area contributed by atoms with E-state index in [0.717, 1.165) is 11.0 Å². The topological polar surface area (TPSA) is 28.7 Å². The van der Waals surface area contributed by atoms with Crippen molar-refractivity contribution in [1.82, 2.24) is 9.97 Å². The van der Waals surface area contributed by atoms with Gasteiger partial charge in [0.25, 0.3) is 0 Å². The first-order chi connectivity index (χ1) is 6.07. The summed E-state index contributed by atoms with van der Waals surface area (Å²) in [7, 11) is 0. The number of pyridine rings is 1. The molecular formula is C8H5Cl3N2. The molecule has 0 unspecified atom stereocenters. The van der Waals surface area contributed by atoms with Gasteiger partial charge in [0.2, 0.25) is 3.79 Å². The van der Waals surface area contributed by atoms with Crippen molar-refractivity contribution in [3.05, 3.63) is 30.1 Å². The van der Waals surface area contributed by atoms with E-state index in [1.165, 1.54) is 0 Å². The maximum Gasteiger partial charge on any atom is 0.230 e. The van der Waals surface area contributed by atoms with Gasteiger partial charge >= 0.3 is 0 Å². The van der Waals surface area contributed by atoms with E-state index in [9.17, 15) is 0 Å². The van der Waals surface area contributed by atoms with Crippen LogP contribution in [0.5, 0.6) is 0 Å². The third-order valence-corrected chi connectivity index (χ3v) is 2.31. The van der Waals surface area contributed by atoms with Crippen molar-refractivity contribution in [2.75, 3.05) is 0 Å². The van der Waals surface area contributed by atoms with Gasteiger partial charge in [0.05, 0.1) is 5.69 Å². The number of halogens is 3. The molecule has 0 saturated carbocycles. The standard InChI is InChI=1S/C8H5Cl3N2/c9-8(10,11)6-4-5-2-1-3-12-7(5)13-6/h1-4H,(H,12,13). The minimum atomic E-state index is -1.42. The summed E-state index contributed by atoms with van der Waals surface area (Å²) in [6.45, 7) is 0. The van der Waals surface area contributed by atoms with Crippen LogP contribution in [0, 0.1) is 0 Å². The number of hydrogen-bond acceptors (Lipinski definition) is 1. The van der Waals surface area contributed by atoms with Gasteiger partial charge in [-0.1, -0.05) is 34.8 Å². The molecule has 0 amide bonds. The minimum Gasteiger partial charge on any atom is -0.340 e. The van der Waals surface area contributed by atoms with E-state index >= 15 is 0 Å². The van der Waals surface area contributed by atoms with Crippen molar-refractivity contribution in [2.45, 2.75) is 3.79 Å². The first-order valence-corrected chi connectivity index (χ1v) is 4.72. The summed E-state index contributed by atoms with van der Waals surface area (Å²) in [5.41, 5.74) is 1.26. The summed E-state index contributed by atoms with van der Waals surface area (Å²) < 4.78 is -1.42. The van der Waals surface area contributed by atoms with Crippen LogP contribution in [0.1, 0.15) is 5.69 Å². The van der Waals surface area contributed by atoms with E-state index in [-0.39, 0.29) is 0 Å². The second kappa shape index (κ2) is 3.05. The zero-order valence-corrected chi connectivity index (χ0v) is 8.66. The van der Waals surface area contributed by atoms with Crippen LogP contribution in [0.2, 0.25) is 0 Å². The fraction of sp³-hybridized carbons (Fsp3) is 0.125. The molecule has 5 heteroatoms. The lowest BCUT2D eigenvalue weighted by atomic mass is 10.3. The van der Waals surface area contributed by atoms with Crippen molar-refractivity contribution < 1.29 is 0 Å². The maximum atomic E-state index is 5.70. The number of H-pyrrole nitrogens is 1. The Morgan fingerprint density at radius 3 is 2.69 bits per heavy atom. The monoisotopic (exact) mass is 234 g/mol. The zero-order valence-electron chi connectivity index (χ0n) is 6.39. The van der Waals surface area contributed by atoms with Crippen molar-refractivity contribution >= 4 is 45.8 Å². The number of aromatic amines is 1. The third kappa shape index (κ3) is 1.75. The summed E-state index contributed by atoms with van der Waals surface area (Å²) >= 11 is 17.1. The number of rotatable bonds is 0. The van der Waals surface area contributed by atoms with E-state index in [2.05, 4.69) is 9.97 Å². The van der Waals surface area contributed by atoms with Crippen LogP contribution in [0.25, 0.3) is 11.0 Å². The van der Waals surface area contributed by atoms with Gasteiger partial charge in [-0.2, -0.15) is 0 Å². The molecular weight excluding hydrogens is 230 g/mol. The van der Waals surface area contributed by atoms with Gasteiger partial charge in [-0.3, -0.25) is 0 Å². The molecule has 0 aliphatic heterocycles. The van der Waals surface area contributed by atoms with E-state index in [1.54, 1.807) is 12.3 Å². The Morgan fingerprint density at radius 1 is 1.31 bits per heavy atom. The largest absolute Gasteiger partial charge is 0.340 e. The van der Waals surface area contributed by atoms with Crippen LogP contribution in [-0.2, 0) is 3.79 Å². The third-order valence-electron chi connectivity index (χ3n) is 1.70. The molecule has 0 radical (unpaired) electrons. The first kappa shape index (κ1) is 9.13. The Hall–Kier alpha value is -0.440. The Kier molecular flexibility index (Phi) is 2.14. The molecule has 0 bridgehead atoms. The number of hydrogen-bond donors (Lipinski definition) is 1. The van der Waals surface area contributed by atoms with E-state index in [0.29, 0.717) is 5.69 Å². The molecule has 2 nitrogen and oxygen atoms in total. The van der Waals surface area contributed by atoms with Crippen LogP contribution in [-0.4, -0.2) is 9.97 Å². The van der Waals surface area contributed by atoms with Gasteiger partial charge in [0.15, 0.2) is 0 Å². The second-order valence-corrected chi connectivity index (χ2v) is 4.90. The highest BCUT2D eigenvalue weighted by atomic mass is 35.6. The van der Waals surface area contributed by atoms with Crippen LogP contribution in [0.4, 0.5) is 0 Å². The molecule has 0 fully saturated rings. The number of fused-ring (bicyclic) bond motifs is 1. The predicted octanol–water partition coefficient (Wildman–Crippen LogP) is 3.39. The smallest absolute Gasteiger partial charge is 0.230 e. The molecule has 2 aromatic rings. The first-order valence-electron chi connectivity index (χ1n) is 3.58. The molecule has 0 spiro atoms. The SMILES string of the molecule is ClC(Cl)(Cl)c1cc2cccnc2[nH]1. The summed E-state index contributed by atoms with van der Waals surface area (Å²) in [6.07, 6.45) is 1.68. The highest BCUT2D eigenvalue weighted by molar-refractivity contribution is 6.66. The summed E-state index contributed by atoms with van der Waals surface area (Å²) in [6, 6.07) is 5.51. The number of nitrogens with zero attached hydrogens (tertiary/aromatic N) is 1. The highest BCUT2D eigenvalue weighted by Gasteiger charge is 2.24. The lowest BCUT2D eigenvalue weighted by molar-refractivity contribution is 1.13. The lowest BCUT2D eigenvalue weighted by Crippen LogP contribution is -1.99. The highest BCUT2D eigenvalue weighted by Crippen LogP contribution is 2.38. The quantitative estimate of drug-likeness (QED) is 0.697. The van der Waals surface area contributed by atoms with Crippen molar-refractivity contribution in [2.24, 2.45) is 0 Å². The summed E-state index contributed by atoms with van der Waals surface area (Å²) in [4.78, 5) is 7.01. The van der Waals surface area contributed by atoms with Gasteiger partial charge in [-0.15, -0.1) is 0 Å². The maximum absolute atomic E-state index is 5.70. The molecule has 0 aromatic carbocycles. The Balaban J connectivity index is 2.63. The molecule has 0 atom stereocenters. The van der Waals surface area contributed by atoms with E-state index in [1.807, 2.05) is 12.1 Å². The molecule has 0 aliphatic carbocycles. The normalized spacial score (nSPS) is 12.2. The fourth-order valence-electron chi connectivity index (χ4n) is 1.11. The van der Waals surface area contributed by atoms with Crippen LogP contribution in [0.3, 0.4) is 0 Å². The van der Waals surface area contributed by atoms with Crippen molar-refractivity contribution in [3.8, 4) is 0 Å². The van der Waals surface area contributed by atoms with Crippen LogP contribution >= 0.6 is 34.8 Å². The van der Waals surface area contributed by atoms with Crippen molar-refractivity contribution in [3.63, 3.8) is 0 Å². The molecule has 2 aromatic heterocycles. The number of alkyl halides is 3. The summed E-state index contributed by atoms with van der Waals surface area (Å²) in [5.74, 6) is 0. The van der Waals surface area contributed by atoms with Gasteiger partial charge in [-0.25, -0.2) is 4.98 Å². The van der Waals surface area contributed by atoms with Gasteiger partial charge < -0.3 is 4.98 Å². The molecule has 68 valence electrons. The molecule has 2 rings (SSSR count). The average molecular weight is 236 g/mol. The van der Waals surface area contributed by atoms with Gasteiger partial charge in [-0.05, 0) is 18.2 Å². The Bertz CT molecular complexity index is 397. The fourth-order valence-corrected chi connectivity index (χ4v) is 1.42. The summed E-state index contributed by atoms with van der Waals surface area (Å²) in [5, 5.41) is 0.934.